The number of benzene rings is 1. The van der Waals surface area contributed by atoms with E-state index in [9.17, 15) is 13.2 Å². The molecule has 0 aliphatic heterocycles. The van der Waals surface area contributed by atoms with Gasteiger partial charge in [0.1, 0.15) is 29.2 Å². The fourth-order valence-electron chi connectivity index (χ4n) is 2.75. The lowest BCUT2D eigenvalue weighted by atomic mass is 10.1. The van der Waals surface area contributed by atoms with Gasteiger partial charge < -0.3 is 19.5 Å². The molecular formula is C21H24N4O6S. The second-order valence-corrected chi connectivity index (χ2v) is 8.89. The van der Waals surface area contributed by atoms with E-state index in [4.69, 9.17) is 14.2 Å². The summed E-state index contributed by atoms with van der Waals surface area (Å²) in [7, 11) is -1.84. The second kappa shape index (κ2) is 10.2. The molecule has 32 heavy (non-hydrogen) atoms. The highest BCUT2D eigenvalue weighted by Crippen LogP contribution is 2.29. The normalized spacial score (nSPS) is 12.2. The van der Waals surface area contributed by atoms with Crippen molar-refractivity contribution in [2.45, 2.75) is 24.5 Å². The number of sulfone groups is 1. The molecule has 1 atom stereocenters. The maximum Gasteiger partial charge on any atom is 0.257 e. The number of anilines is 1. The molecule has 2 N–H and O–H groups in total. The Kier molecular flexibility index (Phi) is 7.44. The first-order chi connectivity index (χ1) is 15.3. The van der Waals surface area contributed by atoms with E-state index in [1.165, 1.54) is 24.5 Å². The summed E-state index contributed by atoms with van der Waals surface area (Å²) < 4.78 is 40.2. The number of pyridine rings is 1. The molecule has 1 aromatic carbocycles. The Labute approximate surface area is 185 Å². The molecule has 1 amide bonds. The number of carbonyl (C=O) groups excluding carboxylic acids is 1. The first-order valence-electron chi connectivity index (χ1n) is 9.74. The zero-order valence-corrected chi connectivity index (χ0v) is 18.7. The molecule has 2 heterocycles. The molecule has 0 saturated carbocycles. The highest BCUT2D eigenvalue weighted by atomic mass is 32.2. The Hall–Kier alpha value is -3.44. The van der Waals surface area contributed by atoms with Crippen LogP contribution in [0.15, 0.2) is 53.8 Å². The standard InChI is InChI=1S/C21H24N4O6S/c1-4-15(13-29-2)30-17-9-14(21(26)24-19-7-8-23-25-19)10-18(11-17)31-16-5-6-20(22-12-16)32(3,27)28/h5-12,15H,4,13H2,1-3H3,(H2,23,24,25,26)/t15-/m0/s1. The fraction of sp³-hybridized carbons (Fsp3) is 0.286. The third-order valence-corrected chi connectivity index (χ3v) is 5.33. The predicted octanol–water partition coefficient (Wildman–Crippen LogP) is 3.06. The topological polar surface area (TPSA) is 132 Å². The first-order valence-corrected chi connectivity index (χ1v) is 11.6. The Balaban J connectivity index is 1.89. The van der Waals surface area contributed by atoms with Crippen LogP contribution in [0.2, 0.25) is 0 Å². The minimum absolute atomic E-state index is 0.0630. The number of aromatic amines is 1. The molecule has 0 spiro atoms. The van der Waals surface area contributed by atoms with Gasteiger partial charge in [0.25, 0.3) is 5.91 Å². The molecule has 0 bridgehead atoms. The molecule has 0 aliphatic rings. The molecule has 2 aromatic heterocycles. The van der Waals surface area contributed by atoms with Crippen molar-refractivity contribution in [3.63, 3.8) is 0 Å². The number of H-pyrrole nitrogens is 1. The van der Waals surface area contributed by atoms with Gasteiger partial charge in [0, 0.05) is 31.1 Å². The second-order valence-electron chi connectivity index (χ2n) is 6.93. The summed E-state index contributed by atoms with van der Waals surface area (Å²) in [6.07, 6.45) is 4.38. The van der Waals surface area contributed by atoms with Gasteiger partial charge in [-0.05, 0) is 30.7 Å². The van der Waals surface area contributed by atoms with Crippen molar-refractivity contribution in [1.82, 2.24) is 15.2 Å². The number of rotatable bonds is 10. The Morgan fingerprint density at radius 2 is 1.94 bits per heavy atom. The summed E-state index contributed by atoms with van der Waals surface area (Å²) in [5, 5.41) is 9.10. The van der Waals surface area contributed by atoms with Gasteiger partial charge in [-0.15, -0.1) is 0 Å². The Morgan fingerprint density at radius 1 is 1.16 bits per heavy atom. The van der Waals surface area contributed by atoms with Gasteiger partial charge in [-0.25, -0.2) is 13.4 Å². The number of hydrogen-bond donors (Lipinski definition) is 2. The number of amides is 1. The maximum absolute atomic E-state index is 12.7. The largest absolute Gasteiger partial charge is 0.488 e. The van der Waals surface area contributed by atoms with Crippen LogP contribution in [-0.2, 0) is 14.6 Å². The molecule has 0 saturated heterocycles. The summed E-state index contributed by atoms with van der Waals surface area (Å²) in [4.78, 5) is 16.6. The molecule has 170 valence electrons. The molecule has 3 aromatic rings. The maximum atomic E-state index is 12.7. The van der Waals surface area contributed by atoms with Crippen molar-refractivity contribution in [2.24, 2.45) is 0 Å². The van der Waals surface area contributed by atoms with Crippen molar-refractivity contribution in [3.8, 4) is 17.2 Å². The van der Waals surface area contributed by atoms with Gasteiger partial charge in [-0.3, -0.25) is 9.89 Å². The van der Waals surface area contributed by atoms with Crippen LogP contribution in [0, 0.1) is 0 Å². The number of nitrogens with one attached hydrogen (secondary N) is 2. The zero-order valence-electron chi connectivity index (χ0n) is 17.9. The van der Waals surface area contributed by atoms with E-state index in [0.717, 1.165) is 6.26 Å². The third kappa shape index (κ3) is 6.28. The average molecular weight is 461 g/mol. The van der Waals surface area contributed by atoms with Crippen LogP contribution in [0.5, 0.6) is 17.2 Å². The molecule has 0 fully saturated rings. The number of nitrogens with zero attached hydrogens (tertiary/aromatic N) is 2. The van der Waals surface area contributed by atoms with Crippen molar-refractivity contribution in [1.29, 1.82) is 0 Å². The number of aromatic nitrogens is 3. The van der Waals surface area contributed by atoms with Gasteiger partial charge in [0.15, 0.2) is 14.9 Å². The molecule has 0 radical (unpaired) electrons. The van der Waals surface area contributed by atoms with Crippen LogP contribution in [0.4, 0.5) is 5.82 Å². The SMILES string of the molecule is CC[C@@H](COC)Oc1cc(Oc2ccc(S(C)(=O)=O)nc2)cc(C(=O)Nc2ccn[nH]2)c1. The van der Waals surface area contributed by atoms with Crippen LogP contribution in [0.3, 0.4) is 0 Å². The average Bonchev–Trinajstić information content (AvgIpc) is 3.26. The molecule has 3 rings (SSSR count). The summed E-state index contributed by atoms with van der Waals surface area (Å²) >= 11 is 0. The predicted molar refractivity (Wildman–Crippen MR) is 117 cm³/mol. The first kappa shape index (κ1) is 23.2. The lowest BCUT2D eigenvalue weighted by Crippen LogP contribution is -2.21. The Bertz CT molecular complexity index is 1150. The smallest absolute Gasteiger partial charge is 0.257 e. The van der Waals surface area contributed by atoms with Crippen LogP contribution < -0.4 is 14.8 Å². The van der Waals surface area contributed by atoms with Crippen LogP contribution in [0.25, 0.3) is 0 Å². The monoisotopic (exact) mass is 460 g/mol. The summed E-state index contributed by atoms with van der Waals surface area (Å²) in [5.74, 6) is 1.09. The van der Waals surface area contributed by atoms with Crippen molar-refractivity contribution < 1.29 is 27.4 Å². The minimum Gasteiger partial charge on any atom is -0.488 e. The molecule has 10 nitrogen and oxygen atoms in total. The lowest BCUT2D eigenvalue weighted by Gasteiger charge is -2.18. The van der Waals surface area contributed by atoms with Crippen LogP contribution in [0.1, 0.15) is 23.7 Å². The highest BCUT2D eigenvalue weighted by molar-refractivity contribution is 7.90. The molecular weight excluding hydrogens is 436 g/mol. The quantitative estimate of drug-likeness (QED) is 0.472. The summed E-state index contributed by atoms with van der Waals surface area (Å²) in [6, 6.07) is 9.23. The van der Waals surface area contributed by atoms with Crippen LogP contribution >= 0.6 is 0 Å². The van der Waals surface area contributed by atoms with Crippen molar-refractivity contribution >= 4 is 21.6 Å². The van der Waals surface area contributed by atoms with E-state index in [1.54, 1.807) is 31.4 Å². The zero-order chi connectivity index (χ0) is 23.1. The van der Waals surface area contributed by atoms with Crippen molar-refractivity contribution in [3.05, 3.63) is 54.4 Å². The van der Waals surface area contributed by atoms with Gasteiger partial charge >= 0.3 is 0 Å². The van der Waals surface area contributed by atoms with E-state index >= 15 is 0 Å². The Morgan fingerprint density at radius 3 is 2.53 bits per heavy atom. The number of hydrogen-bond acceptors (Lipinski definition) is 8. The fourth-order valence-corrected chi connectivity index (χ4v) is 3.31. The lowest BCUT2D eigenvalue weighted by molar-refractivity contribution is 0.0785. The van der Waals surface area contributed by atoms with Gasteiger partial charge in [0.2, 0.25) is 0 Å². The van der Waals surface area contributed by atoms with Crippen molar-refractivity contribution in [2.75, 3.05) is 25.3 Å². The van der Waals surface area contributed by atoms with E-state index in [1.807, 2.05) is 6.92 Å². The minimum atomic E-state index is -3.42. The molecule has 0 unspecified atom stereocenters. The van der Waals surface area contributed by atoms with E-state index in [-0.39, 0.29) is 11.1 Å². The number of methoxy groups -OCH3 is 1. The third-order valence-electron chi connectivity index (χ3n) is 4.33. The summed E-state index contributed by atoms with van der Waals surface area (Å²) in [6.45, 7) is 2.35. The van der Waals surface area contributed by atoms with E-state index < -0.39 is 15.7 Å². The summed E-state index contributed by atoms with van der Waals surface area (Å²) in [5.41, 5.74) is 0.292. The molecule has 11 heteroatoms. The molecule has 0 aliphatic carbocycles. The number of carbonyl (C=O) groups is 1. The number of ether oxygens (including phenoxy) is 3. The van der Waals surface area contributed by atoms with E-state index in [2.05, 4.69) is 20.5 Å². The van der Waals surface area contributed by atoms with Crippen LogP contribution in [-0.4, -0.2) is 55.6 Å². The highest BCUT2D eigenvalue weighted by Gasteiger charge is 2.15. The van der Waals surface area contributed by atoms with Gasteiger partial charge in [-0.2, -0.15) is 5.10 Å². The van der Waals surface area contributed by atoms with E-state index in [0.29, 0.717) is 41.7 Å². The van der Waals surface area contributed by atoms with Gasteiger partial charge in [-0.1, -0.05) is 6.92 Å². The van der Waals surface area contributed by atoms with Gasteiger partial charge in [0.05, 0.1) is 19.0 Å².